The molecule has 2 aliphatic heterocycles. The predicted molar refractivity (Wildman–Crippen MR) is 194 cm³/mol. The summed E-state index contributed by atoms with van der Waals surface area (Å²) in [5.41, 5.74) is 3.90. The summed E-state index contributed by atoms with van der Waals surface area (Å²) in [5, 5.41) is 0. The number of hydrogen-bond donors (Lipinski definition) is 0. The first-order valence-electron chi connectivity index (χ1n) is 17.0. The molecule has 6 nitrogen and oxygen atoms in total. The van der Waals surface area contributed by atoms with Crippen LogP contribution in [0.15, 0.2) is 71.6 Å². The third kappa shape index (κ3) is 10.4. The van der Waals surface area contributed by atoms with Crippen molar-refractivity contribution >= 4 is 35.5 Å². The molecule has 44 heavy (non-hydrogen) atoms. The Morgan fingerprint density at radius 3 is 2.11 bits per heavy atom. The molecule has 0 aromatic heterocycles. The topological polar surface area (TPSA) is 19.4 Å². The van der Waals surface area contributed by atoms with E-state index in [-0.39, 0.29) is 0 Å². The molecule has 0 spiro atoms. The Hall–Kier alpha value is -1.68. The van der Waals surface area contributed by atoms with Crippen molar-refractivity contribution in [2.24, 2.45) is 5.92 Å². The van der Waals surface area contributed by atoms with Crippen LogP contribution in [0.5, 0.6) is 0 Å². The van der Waals surface area contributed by atoms with Gasteiger partial charge in [0.25, 0.3) is 0 Å². The summed E-state index contributed by atoms with van der Waals surface area (Å²) in [6.45, 7) is 18.0. The minimum atomic E-state index is 0.492. The summed E-state index contributed by atoms with van der Waals surface area (Å²) < 4.78 is 7.78. The van der Waals surface area contributed by atoms with Crippen LogP contribution >= 0.6 is 24.1 Å². The van der Waals surface area contributed by atoms with Crippen LogP contribution in [-0.4, -0.2) is 103 Å². The molecule has 2 heterocycles. The molecule has 1 unspecified atom stereocenters. The van der Waals surface area contributed by atoms with Gasteiger partial charge in [0.05, 0.1) is 0 Å². The van der Waals surface area contributed by atoms with Gasteiger partial charge >= 0.3 is 0 Å². The number of anilines is 2. The minimum absolute atomic E-state index is 0.492. The van der Waals surface area contributed by atoms with Gasteiger partial charge in [-0.2, -0.15) is 0 Å². The van der Waals surface area contributed by atoms with E-state index in [1.165, 1.54) is 86.4 Å². The first kappa shape index (κ1) is 33.7. The first-order valence-corrected chi connectivity index (χ1v) is 18.5. The van der Waals surface area contributed by atoms with Crippen molar-refractivity contribution in [3.8, 4) is 0 Å². The van der Waals surface area contributed by atoms with Gasteiger partial charge in [-0.15, -0.1) is 0 Å². The van der Waals surface area contributed by atoms with Gasteiger partial charge < -0.3 is 14.7 Å². The fourth-order valence-corrected chi connectivity index (χ4v) is 9.19. The van der Waals surface area contributed by atoms with E-state index in [4.69, 9.17) is 0 Å². The SMILES string of the molecule is C=C1CN(Sc2ccc(N(C)C)cc2)CCCN(CC2CCCCC2)CCCN(SN2CCN(c3ccccc3)C(C)C2)C1. The van der Waals surface area contributed by atoms with Gasteiger partial charge in [0, 0.05) is 101 Å². The van der Waals surface area contributed by atoms with Gasteiger partial charge in [-0.05, 0) is 106 Å². The molecule has 8 heteroatoms. The maximum Gasteiger partial charge on any atom is 0.0399 e. The molecule has 0 amide bonds. The molecule has 2 aromatic carbocycles. The van der Waals surface area contributed by atoms with Crippen LogP contribution in [0.2, 0.25) is 0 Å². The van der Waals surface area contributed by atoms with E-state index in [1.54, 1.807) is 0 Å². The molecule has 1 atom stereocenters. The van der Waals surface area contributed by atoms with Crippen LogP contribution in [-0.2, 0) is 0 Å². The number of rotatable bonds is 8. The average molecular weight is 637 g/mol. The number of para-hydroxylation sites is 1. The van der Waals surface area contributed by atoms with Gasteiger partial charge in [0.15, 0.2) is 0 Å². The molecule has 0 bridgehead atoms. The fourth-order valence-electron chi connectivity index (χ4n) is 6.94. The monoisotopic (exact) mass is 636 g/mol. The van der Waals surface area contributed by atoms with E-state index in [2.05, 4.69) is 110 Å². The van der Waals surface area contributed by atoms with Gasteiger partial charge in [0.1, 0.15) is 0 Å². The maximum atomic E-state index is 4.62. The Kier molecular flexibility index (Phi) is 13.2. The maximum absolute atomic E-state index is 4.62. The standard InChI is InChI=1S/C36H56N6S2/c1-31-27-39(43-36-19-17-34(18-20-36)37(3)4)23-11-21-38(30-33-13-7-5-8-14-33)22-12-24-40(28-31)44-41-25-26-42(32(2)29-41)35-15-9-6-10-16-35/h6,9-10,15-20,32-33H,1,5,7-8,11-14,21-30H2,2-4H3. The number of nitrogens with zero attached hydrogens (tertiary/aromatic N) is 6. The van der Waals surface area contributed by atoms with Crippen LogP contribution in [0.4, 0.5) is 11.4 Å². The highest BCUT2D eigenvalue weighted by molar-refractivity contribution is 7.97. The Balaban J connectivity index is 1.23. The summed E-state index contributed by atoms with van der Waals surface area (Å²) in [6.07, 6.45) is 9.59. The lowest BCUT2D eigenvalue weighted by molar-refractivity contribution is 0.189. The lowest BCUT2D eigenvalue weighted by Crippen LogP contribution is -2.50. The Morgan fingerprint density at radius 1 is 0.750 bits per heavy atom. The van der Waals surface area contributed by atoms with E-state index in [0.29, 0.717) is 6.04 Å². The molecule has 3 fully saturated rings. The second-order valence-corrected chi connectivity index (χ2v) is 15.7. The molecular formula is C36H56N6S2. The highest BCUT2D eigenvalue weighted by atomic mass is 32.2. The summed E-state index contributed by atoms with van der Waals surface area (Å²) in [5.74, 6) is 0.894. The second kappa shape index (κ2) is 17.3. The Bertz CT molecular complexity index is 1120. The molecule has 1 saturated carbocycles. The zero-order valence-electron chi connectivity index (χ0n) is 27.6. The van der Waals surface area contributed by atoms with Gasteiger partial charge in [-0.3, -0.25) is 0 Å². The molecule has 3 aliphatic rings. The van der Waals surface area contributed by atoms with Crippen molar-refractivity contribution in [1.29, 1.82) is 0 Å². The first-order chi connectivity index (χ1) is 21.4. The molecule has 5 rings (SSSR count). The van der Waals surface area contributed by atoms with E-state index < -0.39 is 0 Å². The molecule has 0 radical (unpaired) electrons. The van der Waals surface area contributed by atoms with E-state index in [9.17, 15) is 0 Å². The van der Waals surface area contributed by atoms with Gasteiger partial charge in [-0.1, -0.05) is 44.0 Å². The van der Waals surface area contributed by atoms with Crippen LogP contribution in [0, 0.1) is 5.92 Å². The van der Waals surface area contributed by atoms with Gasteiger partial charge in [-0.25, -0.2) is 12.9 Å². The minimum Gasteiger partial charge on any atom is -0.378 e. The predicted octanol–water partition coefficient (Wildman–Crippen LogP) is 7.37. The zero-order valence-corrected chi connectivity index (χ0v) is 29.2. The third-order valence-corrected chi connectivity index (χ3v) is 11.5. The summed E-state index contributed by atoms with van der Waals surface area (Å²) >= 11 is 3.88. The zero-order chi connectivity index (χ0) is 30.7. The van der Waals surface area contributed by atoms with Crippen LogP contribution in [0.25, 0.3) is 0 Å². The summed E-state index contributed by atoms with van der Waals surface area (Å²) in [7, 11) is 4.21. The van der Waals surface area contributed by atoms with E-state index in [0.717, 1.165) is 51.7 Å². The van der Waals surface area contributed by atoms with Crippen LogP contribution < -0.4 is 9.80 Å². The van der Waals surface area contributed by atoms with Crippen LogP contribution in [0.1, 0.15) is 51.9 Å². The lowest BCUT2D eigenvalue weighted by atomic mass is 9.89. The van der Waals surface area contributed by atoms with Crippen LogP contribution in [0.3, 0.4) is 0 Å². The molecule has 2 aromatic rings. The second-order valence-electron chi connectivity index (χ2n) is 13.3. The normalized spacial score (nSPS) is 23.3. The molecule has 1 aliphatic carbocycles. The average Bonchev–Trinajstić information content (AvgIpc) is 3.01. The quantitative estimate of drug-likeness (QED) is 0.218. The number of hydrogen-bond acceptors (Lipinski definition) is 8. The lowest BCUT2D eigenvalue weighted by Gasteiger charge is -2.42. The van der Waals surface area contributed by atoms with Gasteiger partial charge in [0.2, 0.25) is 0 Å². The molecule has 0 N–H and O–H groups in total. The summed E-state index contributed by atoms with van der Waals surface area (Å²) in [6, 6.07) is 20.4. The molecule has 2 saturated heterocycles. The van der Waals surface area contributed by atoms with Crippen molar-refractivity contribution in [2.75, 3.05) is 89.3 Å². The summed E-state index contributed by atoms with van der Waals surface area (Å²) in [4.78, 5) is 8.86. The van der Waals surface area contributed by atoms with E-state index in [1.807, 2.05) is 24.1 Å². The molecular weight excluding hydrogens is 581 g/mol. The third-order valence-electron chi connectivity index (χ3n) is 9.30. The number of piperazine rings is 1. The van der Waals surface area contributed by atoms with Crippen molar-refractivity contribution < 1.29 is 0 Å². The van der Waals surface area contributed by atoms with Crippen molar-refractivity contribution in [3.05, 3.63) is 66.7 Å². The fraction of sp³-hybridized carbons (Fsp3) is 0.611. The van der Waals surface area contributed by atoms with Crippen molar-refractivity contribution in [3.63, 3.8) is 0 Å². The Morgan fingerprint density at radius 2 is 1.43 bits per heavy atom. The van der Waals surface area contributed by atoms with Crippen molar-refractivity contribution in [1.82, 2.24) is 17.8 Å². The van der Waals surface area contributed by atoms with E-state index >= 15 is 0 Å². The highest BCUT2D eigenvalue weighted by Gasteiger charge is 2.27. The molecule has 242 valence electrons. The van der Waals surface area contributed by atoms with Crippen molar-refractivity contribution in [2.45, 2.75) is 62.8 Å². The smallest absolute Gasteiger partial charge is 0.0399 e. The number of benzene rings is 2. The Labute approximate surface area is 277 Å². The largest absolute Gasteiger partial charge is 0.378 e. The highest BCUT2D eigenvalue weighted by Crippen LogP contribution is 2.30.